The topological polar surface area (TPSA) is 51.5 Å². The second-order valence-corrected chi connectivity index (χ2v) is 7.32. The number of ether oxygens (including phenoxy) is 1. The molecule has 0 unspecified atom stereocenters. The number of hydrogen-bond donors (Lipinski definition) is 1. The van der Waals surface area contributed by atoms with Gasteiger partial charge in [-0.25, -0.2) is 0 Å². The van der Waals surface area contributed by atoms with Crippen LogP contribution in [-0.2, 0) is 4.79 Å². The Labute approximate surface area is 170 Å². The van der Waals surface area contributed by atoms with E-state index in [9.17, 15) is 4.79 Å². The van der Waals surface area contributed by atoms with E-state index < -0.39 is 0 Å². The molecule has 146 valence electrons. The van der Waals surface area contributed by atoms with Crippen molar-refractivity contribution < 1.29 is 13.9 Å². The first-order valence-electron chi connectivity index (χ1n) is 9.21. The number of allylic oxidation sites excluding steroid dienone is 1. The zero-order chi connectivity index (χ0) is 20.4. The molecule has 0 aliphatic rings. The number of rotatable bonds is 5. The first kappa shape index (κ1) is 20.0. The van der Waals surface area contributed by atoms with E-state index in [0.29, 0.717) is 17.3 Å². The van der Waals surface area contributed by atoms with Crippen LogP contribution in [0.25, 0.3) is 16.5 Å². The van der Waals surface area contributed by atoms with Gasteiger partial charge in [-0.05, 0) is 69.5 Å². The predicted octanol–water partition coefficient (Wildman–Crippen LogP) is 6.45. The van der Waals surface area contributed by atoms with Crippen LogP contribution in [0.15, 0.2) is 41.0 Å². The molecule has 1 amide bonds. The molecule has 1 N–H and O–H groups in total. The van der Waals surface area contributed by atoms with Gasteiger partial charge in [0.15, 0.2) is 0 Å². The number of amides is 1. The van der Waals surface area contributed by atoms with E-state index in [2.05, 4.69) is 5.32 Å². The highest BCUT2D eigenvalue weighted by Crippen LogP contribution is 2.37. The Balaban J connectivity index is 2.00. The van der Waals surface area contributed by atoms with Gasteiger partial charge >= 0.3 is 0 Å². The van der Waals surface area contributed by atoms with Crippen LogP contribution in [0.1, 0.15) is 36.1 Å². The molecule has 0 aliphatic carbocycles. The monoisotopic (exact) mass is 397 g/mol. The minimum absolute atomic E-state index is 0.216. The third kappa shape index (κ3) is 3.92. The van der Waals surface area contributed by atoms with Gasteiger partial charge in [-0.2, -0.15) is 0 Å². The highest BCUT2D eigenvalue weighted by atomic mass is 35.5. The molecule has 0 saturated carbocycles. The van der Waals surface area contributed by atoms with E-state index in [4.69, 9.17) is 20.8 Å². The standard InChI is InChI=1S/C23H24ClNO3/c1-6-27-22-16(5)23-19(15(4)12-28-23)11-18(22)14(3)9-21(26)25-20-10-17(24)8-7-13(20)2/h7-12H,6H2,1-5H3,(H,25,26)/b14-9+. The summed E-state index contributed by atoms with van der Waals surface area (Å²) in [4.78, 5) is 12.6. The fourth-order valence-electron chi connectivity index (χ4n) is 3.23. The molecule has 4 nitrogen and oxygen atoms in total. The number of aryl methyl sites for hydroxylation is 3. The fraction of sp³-hybridized carbons (Fsp3) is 0.261. The molecule has 28 heavy (non-hydrogen) atoms. The zero-order valence-corrected chi connectivity index (χ0v) is 17.5. The van der Waals surface area contributed by atoms with Crippen LogP contribution in [0.3, 0.4) is 0 Å². The largest absolute Gasteiger partial charge is 0.493 e. The highest BCUT2D eigenvalue weighted by molar-refractivity contribution is 6.31. The Morgan fingerprint density at radius 3 is 2.68 bits per heavy atom. The third-order valence-electron chi connectivity index (χ3n) is 4.76. The predicted molar refractivity (Wildman–Crippen MR) is 115 cm³/mol. The Morgan fingerprint density at radius 1 is 1.21 bits per heavy atom. The lowest BCUT2D eigenvalue weighted by atomic mass is 9.98. The van der Waals surface area contributed by atoms with Crippen LogP contribution in [0.2, 0.25) is 5.02 Å². The van der Waals surface area contributed by atoms with Gasteiger partial charge in [-0.15, -0.1) is 0 Å². The van der Waals surface area contributed by atoms with E-state index in [1.807, 2.05) is 46.8 Å². The fourth-order valence-corrected chi connectivity index (χ4v) is 3.41. The van der Waals surface area contributed by atoms with Crippen LogP contribution < -0.4 is 10.1 Å². The summed E-state index contributed by atoms with van der Waals surface area (Å²) < 4.78 is 11.6. The maximum Gasteiger partial charge on any atom is 0.248 e. The lowest BCUT2D eigenvalue weighted by molar-refractivity contribution is -0.111. The Kier molecular flexibility index (Phi) is 5.80. The van der Waals surface area contributed by atoms with Gasteiger partial charge in [0.25, 0.3) is 0 Å². The Hall–Kier alpha value is -2.72. The molecule has 0 atom stereocenters. The van der Waals surface area contributed by atoms with Crippen LogP contribution >= 0.6 is 11.6 Å². The van der Waals surface area contributed by atoms with E-state index in [-0.39, 0.29) is 5.91 Å². The van der Waals surface area contributed by atoms with Crippen molar-refractivity contribution in [2.24, 2.45) is 0 Å². The Morgan fingerprint density at radius 2 is 1.96 bits per heavy atom. The molecular formula is C23H24ClNO3. The van der Waals surface area contributed by atoms with Crippen molar-refractivity contribution in [1.82, 2.24) is 0 Å². The van der Waals surface area contributed by atoms with Gasteiger partial charge in [-0.3, -0.25) is 4.79 Å². The second kappa shape index (κ2) is 8.11. The Bertz CT molecular complexity index is 1080. The first-order chi connectivity index (χ1) is 13.3. The number of benzene rings is 2. The van der Waals surface area contributed by atoms with Crippen molar-refractivity contribution in [2.75, 3.05) is 11.9 Å². The maximum atomic E-state index is 12.6. The van der Waals surface area contributed by atoms with Crippen molar-refractivity contribution >= 4 is 39.7 Å². The molecule has 3 rings (SSSR count). The number of fused-ring (bicyclic) bond motifs is 1. The van der Waals surface area contributed by atoms with Gasteiger partial charge in [0.1, 0.15) is 11.3 Å². The van der Waals surface area contributed by atoms with Crippen molar-refractivity contribution in [3.63, 3.8) is 0 Å². The first-order valence-corrected chi connectivity index (χ1v) is 9.59. The summed E-state index contributed by atoms with van der Waals surface area (Å²) in [6.45, 7) is 10.3. The molecule has 0 radical (unpaired) electrons. The molecule has 0 spiro atoms. The molecular weight excluding hydrogens is 374 g/mol. The minimum atomic E-state index is -0.216. The van der Waals surface area contributed by atoms with Crippen molar-refractivity contribution in [1.29, 1.82) is 0 Å². The number of carbonyl (C=O) groups excluding carboxylic acids is 1. The average molecular weight is 398 g/mol. The van der Waals surface area contributed by atoms with Crippen LogP contribution in [-0.4, -0.2) is 12.5 Å². The summed E-state index contributed by atoms with van der Waals surface area (Å²) in [6.07, 6.45) is 3.32. The maximum absolute atomic E-state index is 12.6. The summed E-state index contributed by atoms with van der Waals surface area (Å²) in [6, 6.07) is 7.44. The molecule has 0 bridgehead atoms. The molecule has 0 saturated heterocycles. The smallest absolute Gasteiger partial charge is 0.248 e. The van der Waals surface area contributed by atoms with Gasteiger partial charge in [0.2, 0.25) is 5.91 Å². The summed E-state index contributed by atoms with van der Waals surface area (Å²) in [7, 11) is 0. The van der Waals surface area contributed by atoms with Gasteiger partial charge in [0, 0.05) is 33.3 Å². The SMILES string of the molecule is CCOc1c(/C(C)=C/C(=O)Nc2cc(Cl)ccc2C)cc2c(C)coc2c1C. The summed E-state index contributed by atoms with van der Waals surface area (Å²) in [5.41, 5.74) is 6.14. The normalized spacial score (nSPS) is 11.7. The quantitative estimate of drug-likeness (QED) is 0.503. The number of carbonyl (C=O) groups is 1. The van der Waals surface area contributed by atoms with Gasteiger partial charge in [-0.1, -0.05) is 17.7 Å². The molecule has 3 aromatic rings. The number of hydrogen-bond acceptors (Lipinski definition) is 3. The lowest BCUT2D eigenvalue weighted by Crippen LogP contribution is -2.10. The van der Waals surface area contributed by atoms with E-state index in [1.54, 1.807) is 24.5 Å². The van der Waals surface area contributed by atoms with Gasteiger partial charge in [0.05, 0.1) is 12.9 Å². The molecule has 1 heterocycles. The number of anilines is 1. The van der Waals surface area contributed by atoms with E-state index in [0.717, 1.165) is 44.5 Å². The summed E-state index contributed by atoms with van der Waals surface area (Å²) >= 11 is 6.04. The van der Waals surface area contributed by atoms with E-state index in [1.165, 1.54) is 0 Å². The van der Waals surface area contributed by atoms with Crippen LogP contribution in [0.5, 0.6) is 5.75 Å². The summed E-state index contributed by atoms with van der Waals surface area (Å²) in [5, 5.41) is 4.51. The summed E-state index contributed by atoms with van der Waals surface area (Å²) in [5.74, 6) is 0.525. The lowest BCUT2D eigenvalue weighted by Gasteiger charge is -2.15. The molecule has 0 fully saturated rings. The van der Waals surface area contributed by atoms with Crippen LogP contribution in [0.4, 0.5) is 5.69 Å². The molecule has 5 heteroatoms. The minimum Gasteiger partial charge on any atom is -0.493 e. The van der Waals surface area contributed by atoms with E-state index >= 15 is 0 Å². The molecule has 0 aliphatic heterocycles. The number of nitrogens with one attached hydrogen (secondary N) is 1. The average Bonchev–Trinajstić information content (AvgIpc) is 3.01. The highest BCUT2D eigenvalue weighted by Gasteiger charge is 2.17. The number of halogens is 1. The van der Waals surface area contributed by atoms with Crippen LogP contribution in [0, 0.1) is 20.8 Å². The molecule has 2 aromatic carbocycles. The van der Waals surface area contributed by atoms with Crippen molar-refractivity contribution in [3.8, 4) is 5.75 Å². The van der Waals surface area contributed by atoms with Gasteiger partial charge < -0.3 is 14.5 Å². The molecule has 1 aromatic heterocycles. The zero-order valence-electron chi connectivity index (χ0n) is 16.8. The van der Waals surface area contributed by atoms with Crippen molar-refractivity contribution in [2.45, 2.75) is 34.6 Å². The number of furan rings is 1. The van der Waals surface area contributed by atoms with Crippen molar-refractivity contribution in [3.05, 3.63) is 63.9 Å². The second-order valence-electron chi connectivity index (χ2n) is 6.88. The third-order valence-corrected chi connectivity index (χ3v) is 4.99.